The Hall–Kier alpha value is -3.39. The van der Waals surface area contributed by atoms with Crippen LogP contribution >= 0.6 is 11.8 Å². The smallest absolute Gasteiger partial charge is 0.192 e. The Labute approximate surface area is 184 Å². The average Bonchev–Trinajstić information content (AvgIpc) is 3.44. The Balaban J connectivity index is 1.65. The highest BCUT2D eigenvalue weighted by molar-refractivity contribution is 7.98. The summed E-state index contributed by atoms with van der Waals surface area (Å²) >= 11 is 1.53. The number of carbonyl (C=O) groups excluding carboxylic acids is 1. The Morgan fingerprint density at radius 1 is 1.19 bits per heavy atom. The van der Waals surface area contributed by atoms with E-state index in [1.807, 2.05) is 47.9 Å². The molecule has 0 radical (unpaired) electrons. The molecule has 0 N–H and O–H groups in total. The molecule has 1 aromatic carbocycles. The van der Waals surface area contributed by atoms with Gasteiger partial charge in [-0.25, -0.2) is 0 Å². The fourth-order valence-corrected chi connectivity index (χ4v) is 4.07. The van der Waals surface area contributed by atoms with Crippen molar-refractivity contribution in [2.75, 3.05) is 6.61 Å². The van der Waals surface area contributed by atoms with E-state index in [0.29, 0.717) is 24.5 Å². The lowest BCUT2D eigenvalue weighted by molar-refractivity contribution is 0.101. The van der Waals surface area contributed by atoms with Gasteiger partial charge in [0.05, 0.1) is 19.4 Å². The molecule has 0 unspecified atom stereocenters. The third-order valence-corrected chi connectivity index (χ3v) is 5.67. The molecule has 7 nitrogen and oxygen atoms in total. The highest BCUT2D eigenvalue weighted by Gasteiger charge is 2.17. The molecule has 8 heteroatoms. The molecule has 3 heterocycles. The lowest BCUT2D eigenvalue weighted by atomic mass is 10.1. The van der Waals surface area contributed by atoms with Crippen LogP contribution in [0.3, 0.4) is 0 Å². The summed E-state index contributed by atoms with van der Waals surface area (Å²) in [6, 6.07) is 13.1. The van der Waals surface area contributed by atoms with Gasteiger partial charge >= 0.3 is 0 Å². The first-order chi connectivity index (χ1) is 15.2. The van der Waals surface area contributed by atoms with E-state index >= 15 is 0 Å². The third kappa shape index (κ3) is 4.86. The quantitative estimate of drug-likeness (QED) is 0.274. The zero-order chi connectivity index (χ0) is 21.6. The summed E-state index contributed by atoms with van der Waals surface area (Å²) in [7, 11) is 0. The number of Topliss-reactive ketones (excluding diaryl/α,β-unsaturated/α-hetero) is 1. The zero-order valence-corrected chi connectivity index (χ0v) is 18.1. The lowest BCUT2D eigenvalue weighted by Gasteiger charge is -2.12. The molecule has 158 valence electrons. The Kier molecular flexibility index (Phi) is 6.47. The average molecular weight is 435 g/mol. The van der Waals surface area contributed by atoms with Crippen LogP contribution in [0.5, 0.6) is 5.75 Å². The van der Waals surface area contributed by atoms with Gasteiger partial charge in [0.15, 0.2) is 16.8 Å². The summed E-state index contributed by atoms with van der Waals surface area (Å²) in [4.78, 5) is 16.0. The largest absolute Gasteiger partial charge is 0.494 e. The number of ketones is 1. The van der Waals surface area contributed by atoms with Crippen LogP contribution in [0.2, 0.25) is 0 Å². The molecule has 0 amide bonds. The predicted molar refractivity (Wildman–Crippen MR) is 118 cm³/mol. The first-order valence-electron chi connectivity index (χ1n) is 9.91. The molecule has 4 aromatic rings. The van der Waals surface area contributed by atoms with Gasteiger partial charge in [0.1, 0.15) is 11.5 Å². The van der Waals surface area contributed by atoms with Crippen molar-refractivity contribution >= 4 is 17.5 Å². The molecule has 0 aliphatic heterocycles. The topological polar surface area (TPSA) is 83.0 Å². The van der Waals surface area contributed by atoms with Gasteiger partial charge in [0.25, 0.3) is 0 Å². The molecule has 0 saturated carbocycles. The van der Waals surface area contributed by atoms with Gasteiger partial charge in [-0.2, -0.15) is 0 Å². The molecule has 0 aliphatic rings. The van der Waals surface area contributed by atoms with Crippen LogP contribution in [0.25, 0.3) is 11.4 Å². The van der Waals surface area contributed by atoms with Crippen molar-refractivity contribution in [2.24, 2.45) is 0 Å². The molecule has 0 fully saturated rings. The fourth-order valence-electron chi connectivity index (χ4n) is 3.15. The number of aromatic nitrogens is 4. The maximum atomic E-state index is 11.8. The molecule has 31 heavy (non-hydrogen) atoms. The number of pyridine rings is 1. The second-order valence-electron chi connectivity index (χ2n) is 6.81. The maximum Gasteiger partial charge on any atom is 0.192 e. The summed E-state index contributed by atoms with van der Waals surface area (Å²) in [5.74, 6) is 2.90. The van der Waals surface area contributed by atoms with Crippen molar-refractivity contribution in [1.29, 1.82) is 0 Å². The van der Waals surface area contributed by atoms with Crippen molar-refractivity contribution in [3.63, 3.8) is 0 Å². The lowest BCUT2D eigenvalue weighted by Crippen LogP contribution is -2.04. The molecule has 0 bridgehead atoms. The maximum absolute atomic E-state index is 11.8. The first kappa shape index (κ1) is 20.9. The summed E-state index contributed by atoms with van der Waals surface area (Å²) in [6.45, 7) is 4.55. The van der Waals surface area contributed by atoms with E-state index < -0.39 is 0 Å². The Morgan fingerprint density at radius 3 is 2.81 bits per heavy atom. The SMILES string of the molecule is CCOc1ccc(C(C)=O)cc1CSc1nnc(-c2cccnc2)n1Cc1ccco1. The van der Waals surface area contributed by atoms with Gasteiger partial charge in [-0.3, -0.25) is 14.3 Å². The minimum absolute atomic E-state index is 0.0224. The molecule has 0 aliphatic carbocycles. The number of carbonyl (C=O) groups is 1. The number of furan rings is 1. The van der Waals surface area contributed by atoms with E-state index in [9.17, 15) is 4.79 Å². The van der Waals surface area contributed by atoms with E-state index in [2.05, 4.69) is 15.2 Å². The van der Waals surface area contributed by atoms with Crippen molar-refractivity contribution < 1.29 is 13.9 Å². The minimum Gasteiger partial charge on any atom is -0.494 e. The predicted octanol–water partition coefficient (Wildman–Crippen LogP) is 4.88. The van der Waals surface area contributed by atoms with Crippen molar-refractivity contribution in [2.45, 2.75) is 31.3 Å². The van der Waals surface area contributed by atoms with Crippen LogP contribution in [-0.2, 0) is 12.3 Å². The van der Waals surface area contributed by atoms with E-state index in [0.717, 1.165) is 33.6 Å². The minimum atomic E-state index is 0.0224. The number of hydrogen-bond donors (Lipinski definition) is 0. The van der Waals surface area contributed by atoms with Gasteiger partial charge < -0.3 is 9.15 Å². The van der Waals surface area contributed by atoms with Gasteiger partial charge in [-0.1, -0.05) is 11.8 Å². The number of ether oxygens (including phenoxy) is 1. The number of rotatable bonds is 9. The van der Waals surface area contributed by atoms with Gasteiger partial charge in [0, 0.05) is 34.8 Å². The van der Waals surface area contributed by atoms with Crippen LogP contribution < -0.4 is 4.74 Å². The van der Waals surface area contributed by atoms with Gasteiger partial charge in [-0.15, -0.1) is 10.2 Å². The van der Waals surface area contributed by atoms with Crippen LogP contribution in [0.4, 0.5) is 0 Å². The number of benzene rings is 1. The highest BCUT2D eigenvalue weighted by atomic mass is 32.2. The van der Waals surface area contributed by atoms with Crippen LogP contribution in [-0.4, -0.2) is 32.1 Å². The van der Waals surface area contributed by atoms with Crippen molar-refractivity contribution in [3.05, 3.63) is 78.0 Å². The number of thioether (sulfide) groups is 1. The Bertz CT molecular complexity index is 1160. The normalized spacial score (nSPS) is 10.9. The fraction of sp³-hybridized carbons (Fsp3) is 0.217. The van der Waals surface area contributed by atoms with E-state index in [1.165, 1.54) is 11.8 Å². The number of nitrogens with zero attached hydrogens (tertiary/aromatic N) is 4. The second-order valence-corrected chi connectivity index (χ2v) is 7.76. The third-order valence-electron chi connectivity index (χ3n) is 4.65. The standard InChI is InChI=1S/C23H22N4O3S/c1-3-29-21-9-8-17(16(2)28)12-19(21)15-31-23-26-25-22(18-6-4-10-24-13-18)27(23)14-20-7-5-11-30-20/h4-13H,3,14-15H2,1-2H3. The Morgan fingerprint density at radius 2 is 2.10 bits per heavy atom. The summed E-state index contributed by atoms with van der Waals surface area (Å²) < 4.78 is 13.3. The first-order valence-corrected chi connectivity index (χ1v) is 10.9. The van der Waals surface area contributed by atoms with E-state index in [4.69, 9.17) is 9.15 Å². The van der Waals surface area contributed by atoms with Gasteiger partial charge in [-0.05, 0) is 56.3 Å². The summed E-state index contributed by atoms with van der Waals surface area (Å²) in [6.07, 6.45) is 5.14. The molecule has 3 aromatic heterocycles. The molecular formula is C23H22N4O3S. The van der Waals surface area contributed by atoms with Crippen molar-refractivity contribution in [3.8, 4) is 17.1 Å². The van der Waals surface area contributed by atoms with Crippen LogP contribution in [0.1, 0.15) is 35.5 Å². The monoisotopic (exact) mass is 434 g/mol. The molecule has 0 saturated heterocycles. The highest BCUT2D eigenvalue weighted by Crippen LogP contribution is 2.31. The molecule has 0 spiro atoms. The van der Waals surface area contributed by atoms with Crippen LogP contribution in [0.15, 0.2) is 70.7 Å². The molecule has 4 rings (SSSR count). The summed E-state index contributed by atoms with van der Waals surface area (Å²) in [5, 5.41) is 9.57. The van der Waals surface area contributed by atoms with Crippen LogP contribution in [0, 0.1) is 0 Å². The second kappa shape index (κ2) is 9.61. The van der Waals surface area contributed by atoms with Gasteiger partial charge in [0.2, 0.25) is 0 Å². The number of hydrogen-bond acceptors (Lipinski definition) is 7. The van der Waals surface area contributed by atoms with E-state index in [-0.39, 0.29) is 5.78 Å². The molecular weight excluding hydrogens is 412 g/mol. The van der Waals surface area contributed by atoms with Crippen molar-refractivity contribution in [1.82, 2.24) is 19.7 Å². The summed E-state index contributed by atoms with van der Waals surface area (Å²) in [5.41, 5.74) is 2.48. The van der Waals surface area contributed by atoms with E-state index in [1.54, 1.807) is 31.6 Å². The molecule has 0 atom stereocenters. The zero-order valence-electron chi connectivity index (χ0n) is 17.3.